The molecule has 0 aliphatic heterocycles. The molecular weight excluding hydrogens is 178 g/mol. The van der Waals surface area contributed by atoms with E-state index in [4.69, 9.17) is 10.8 Å². The first-order valence-electron chi connectivity index (χ1n) is 4.67. The Morgan fingerprint density at radius 3 is 2.93 bits per heavy atom. The summed E-state index contributed by atoms with van der Waals surface area (Å²) >= 11 is 0. The number of nitrogens with zero attached hydrogens (tertiary/aromatic N) is 2. The maximum absolute atomic E-state index is 9.00. The van der Waals surface area contributed by atoms with Gasteiger partial charge in [-0.25, -0.2) is 4.98 Å². The average Bonchev–Trinajstić information content (AvgIpc) is 2.27. The van der Waals surface area contributed by atoms with Gasteiger partial charge in [0, 0.05) is 19.8 Å². The van der Waals surface area contributed by atoms with Crippen LogP contribution in [0, 0.1) is 0 Å². The Bertz CT molecular complexity index is 290. The zero-order valence-electron chi connectivity index (χ0n) is 8.64. The molecule has 1 aromatic heterocycles. The van der Waals surface area contributed by atoms with Gasteiger partial charge in [0.25, 0.3) is 0 Å². The van der Waals surface area contributed by atoms with Gasteiger partial charge in [-0.15, -0.1) is 0 Å². The van der Waals surface area contributed by atoms with E-state index in [1.807, 2.05) is 31.0 Å². The van der Waals surface area contributed by atoms with E-state index in [0.717, 1.165) is 11.4 Å². The van der Waals surface area contributed by atoms with Crippen molar-refractivity contribution in [2.24, 2.45) is 5.73 Å². The lowest BCUT2D eigenvalue weighted by Crippen LogP contribution is -2.32. The molecule has 1 unspecified atom stereocenters. The van der Waals surface area contributed by atoms with Crippen LogP contribution in [0.5, 0.6) is 0 Å². The van der Waals surface area contributed by atoms with Crippen LogP contribution >= 0.6 is 0 Å². The van der Waals surface area contributed by atoms with Gasteiger partial charge in [0.2, 0.25) is 0 Å². The SMILES string of the molecule is CC(CO)N(C)c1cc(CN)ccn1. The fraction of sp³-hybridized carbons (Fsp3) is 0.500. The Balaban J connectivity index is 2.83. The lowest BCUT2D eigenvalue weighted by molar-refractivity contribution is 0.270. The number of hydrogen-bond acceptors (Lipinski definition) is 4. The van der Waals surface area contributed by atoms with E-state index in [9.17, 15) is 0 Å². The van der Waals surface area contributed by atoms with Crippen LogP contribution in [0.4, 0.5) is 5.82 Å². The Morgan fingerprint density at radius 1 is 1.64 bits per heavy atom. The number of anilines is 1. The van der Waals surface area contributed by atoms with Gasteiger partial charge in [0.05, 0.1) is 12.6 Å². The molecule has 1 rings (SSSR count). The summed E-state index contributed by atoms with van der Waals surface area (Å²) in [5.74, 6) is 0.842. The van der Waals surface area contributed by atoms with Crippen molar-refractivity contribution < 1.29 is 5.11 Å². The minimum absolute atomic E-state index is 0.0653. The quantitative estimate of drug-likeness (QED) is 0.728. The largest absolute Gasteiger partial charge is 0.394 e. The van der Waals surface area contributed by atoms with E-state index in [-0.39, 0.29) is 12.6 Å². The molecule has 0 saturated carbocycles. The average molecular weight is 195 g/mol. The van der Waals surface area contributed by atoms with Crippen molar-refractivity contribution in [2.45, 2.75) is 19.5 Å². The zero-order chi connectivity index (χ0) is 10.6. The third-order valence-corrected chi connectivity index (χ3v) is 2.33. The van der Waals surface area contributed by atoms with Crippen LogP contribution < -0.4 is 10.6 Å². The molecule has 4 heteroatoms. The second-order valence-electron chi connectivity index (χ2n) is 3.37. The molecular formula is C10H17N3O. The van der Waals surface area contributed by atoms with Gasteiger partial charge in [-0.05, 0) is 24.6 Å². The Morgan fingerprint density at radius 2 is 2.36 bits per heavy atom. The van der Waals surface area contributed by atoms with Crippen molar-refractivity contribution in [3.63, 3.8) is 0 Å². The van der Waals surface area contributed by atoms with Gasteiger partial charge in [-0.2, -0.15) is 0 Å². The molecule has 0 saturated heterocycles. The normalized spacial score (nSPS) is 12.6. The molecule has 1 heterocycles. The highest BCUT2D eigenvalue weighted by molar-refractivity contribution is 5.41. The number of likely N-dealkylation sites (N-methyl/N-ethyl adjacent to an activating group) is 1. The molecule has 0 spiro atoms. The number of aliphatic hydroxyl groups is 1. The molecule has 3 N–H and O–H groups in total. The third-order valence-electron chi connectivity index (χ3n) is 2.33. The molecule has 0 fully saturated rings. The number of nitrogens with two attached hydrogens (primary N) is 1. The standard InChI is InChI=1S/C10H17N3O/c1-8(7-14)13(2)10-5-9(6-11)3-4-12-10/h3-5,8,14H,6-7,11H2,1-2H3. The summed E-state index contributed by atoms with van der Waals surface area (Å²) in [4.78, 5) is 6.15. The number of rotatable bonds is 4. The molecule has 14 heavy (non-hydrogen) atoms. The minimum Gasteiger partial charge on any atom is -0.394 e. The van der Waals surface area contributed by atoms with E-state index in [1.165, 1.54) is 0 Å². The van der Waals surface area contributed by atoms with E-state index in [1.54, 1.807) is 6.20 Å². The molecule has 1 aromatic rings. The predicted octanol–water partition coefficient (Wildman–Crippen LogP) is 0.357. The van der Waals surface area contributed by atoms with Crippen LogP contribution in [0.2, 0.25) is 0 Å². The van der Waals surface area contributed by atoms with E-state index in [0.29, 0.717) is 6.54 Å². The summed E-state index contributed by atoms with van der Waals surface area (Å²) in [6.45, 7) is 2.57. The summed E-state index contributed by atoms with van der Waals surface area (Å²) in [7, 11) is 1.91. The third kappa shape index (κ3) is 2.43. The van der Waals surface area contributed by atoms with Gasteiger partial charge in [0.1, 0.15) is 5.82 Å². The number of aromatic nitrogens is 1. The first-order valence-corrected chi connectivity index (χ1v) is 4.67. The fourth-order valence-electron chi connectivity index (χ4n) is 1.13. The smallest absolute Gasteiger partial charge is 0.128 e. The molecule has 1 atom stereocenters. The van der Waals surface area contributed by atoms with Crippen LogP contribution in [-0.4, -0.2) is 29.8 Å². The highest BCUT2D eigenvalue weighted by Gasteiger charge is 2.09. The first-order chi connectivity index (χ1) is 6.69. The van der Waals surface area contributed by atoms with Crippen molar-refractivity contribution in [3.8, 4) is 0 Å². The van der Waals surface area contributed by atoms with Gasteiger partial charge in [-0.1, -0.05) is 0 Å². The van der Waals surface area contributed by atoms with Crippen LogP contribution in [0.1, 0.15) is 12.5 Å². The van der Waals surface area contributed by atoms with Crippen LogP contribution in [0.3, 0.4) is 0 Å². The van der Waals surface area contributed by atoms with Crippen LogP contribution in [0.15, 0.2) is 18.3 Å². The highest BCUT2D eigenvalue weighted by Crippen LogP contribution is 2.12. The Hall–Kier alpha value is -1.13. The van der Waals surface area contributed by atoms with E-state index >= 15 is 0 Å². The Labute approximate surface area is 84.4 Å². The molecule has 78 valence electrons. The molecule has 0 aliphatic rings. The topological polar surface area (TPSA) is 62.4 Å². The Kier molecular flexibility index (Phi) is 3.85. The monoisotopic (exact) mass is 195 g/mol. The minimum atomic E-state index is 0.0653. The zero-order valence-corrected chi connectivity index (χ0v) is 8.64. The molecule has 0 aliphatic carbocycles. The van der Waals surface area contributed by atoms with Crippen LogP contribution in [0.25, 0.3) is 0 Å². The van der Waals surface area contributed by atoms with Gasteiger partial charge in [-0.3, -0.25) is 0 Å². The lowest BCUT2D eigenvalue weighted by Gasteiger charge is -2.24. The summed E-state index contributed by atoms with van der Waals surface area (Å²) < 4.78 is 0. The maximum atomic E-state index is 9.00. The van der Waals surface area contributed by atoms with Crippen molar-refractivity contribution in [1.29, 1.82) is 0 Å². The molecule has 0 radical (unpaired) electrons. The second-order valence-corrected chi connectivity index (χ2v) is 3.37. The fourth-order valence-corrected chi connectivity index (χ4v) is 1.13. The van der Waals surface area contributed by atoms with Gasteiger partial charge in [0.15, 0.2) is 0 Å². The molecule has 0 amide bonds. The molecule has 0 aromatic carbocycles. The molecule has 4 nitrogen and oxygen atoms in total. The first kappa shape index (κ1) is 10.9. The predicted molar refractivity (Wildman–Crippen MR) is 57.1 cm³/mol. The summed E-state index contributed by atoms with van der Waals surface area (Å²) in [5.41, 5.74) is 6.58. The summed E-state index contributed by atoms with van der Waals surface area (Å²) in [6, 6.07) is 3.89. The van der Waals surface area contributed by atoms with E-state index < -0.39 is 0 Å². The van der Waals surface area contributed by atoms with Gasteiger partial charge < -0.3 is 15.7 Å². The van der Waals surface area contributed by atoms with Crippen molar-refractivity contribution >= 4 is 5.82 Å². The second kappa shape index (κ2) is 4.93. The highest BCUT2D eigenvalue weighted by atomic mass is 16.3. The van der Waals surface area contributed by atoms with Crippen LogP contribution in [-0.2, 0) is 6.54 Å². The summed E-state index contributed by atoms with van der Waals surface area (Å²) in [5, 5.41) is 9.00. The van der Waals surface area contributed by atoms with E-state index in [2.05, 4.69) is 4.98 Å². The maximum Gasteiger partial charge on any atom is 0.128 e. The number of hydrogen-bond donors (Lipinski definition) is 2. The molecule has 0 bridgehead atoms. The van der Waals surface area contributed by atoms with Gasteiger partial charge >= 0.3 is 0 Å². The lowest BCUT2D eigenvalue weighted by atomic mass is 10.2. The number of aliphatic hydroxyl groups excluding tert-OH is 1. The van der Waals surface area contributed by atoms with Crippen molar-refractivity contribution in [2.75, 3.05) is 18.6 Å². The van der Waals surface area contributed by atoms with Crippen molar-refractivity contribution in [1.82, 2.24) is 4.98 Å². The summed E-state index contributed by atoms with van der Waals surface area (Å²) in [6.07, 6.45) is 1.73. The van der Waals surface area contributed by atoms with Crippen molar-refractivity contribution in [3.05, 3.63) is 23.9 Å². The number of pyridine rings is 1.